The molecular formula is C42H26O. The SMILES string of the molecule is [2H]c1c([2H])c([2H])c(-c2cccc3c2oc2ccc(-c4c5ccccc5c(-c5c([2H])c([2H])c6c([2H])c([2H])c([2H])c([2H])c6c5[2H])c5ccccc45)cc23)c([2H])c1[2H]. The van der Waals surface area contributed by atoms with E-state index in [1.807, 2.05) is 72.8 Å². The van der Waals surface area contributed by atoms with Crippen LogP contribution in [0.5, 0.6) is 0 Å². The lowest BCUT2D eigenvalue weighted by Crippen LogP contribution is -1.91. The van der Waals surface area contributed by atoms with E-state index in [-0.39, 0.29) is 52.1 Å². The lowest BCUT2D eigenvalue weighted by Gasteiger charge is -2.18. The standard InChI is InChI=1S/C42H26O/c1-2-12-28(13-3-1)32-19-10-20-37-38-26-31(23-24-39(38)43-42(32)37)41-35-17-8-6-15-33(35)40(34-16-7-9-18-36(34)41)30-22-21-27-11-4-5-14-29(27)25-30/h1-26H/i1D,2D,3D,4D,5D,11D,12D,13D,14D,21D,22D,25D. The smallest absolute Gasteiger partial charge is 0.143 e. The zero-order chi connectivity index (χ0) is 38.8. The van der Waals surface area contributed by atoms with Crippen LogP contribution in [-0.2, 0) is 0 Å². The van der Waals surface area contributed by atoms with E-state index < -0.39 is 42.3 Å². The van der Waals surface area contributed by atoms with Crippen LogP contribution >= 0.6 is 0 Å². The molecule has 0 unspecified atom stereocenters. The summed E-state index contributed by atoms with van der Waals surface area (Å²) < 4.78 is 109. The second-order valence-electron chi connectivity index (χ2n) is 10.3. The van der Waals surface area contributed by atoms with Gasteiger partial charge in [0.15, 0.2) is 0 Å². The third-order valence-electron chi connectivity index (χ3n) is 7.99. The predicted molar refractivity (Wildman–Crippen MR) is 183 cm³/mol. The van der Waals surface area contributed by atoms with Gasteiger partial charge >= 0.3 is 0 Å². The molecule has 0 aliphatic rings. The van der Waals surface area contributed by atoms with E-state index in [0.717, 1.165) is 27.3 Å². The Bertz CT molecular complexity index is 3100. The van der Waals surface area contributed by atoms with E-state index in [9.17, 15) is 2.74 Å². The average Bonchev–Trinajstić information content (AvgIpc) is 3.57. The molecule has 1 nitrogen and oxygen atoms in total. The Labute approximate surface area is 266 Å². The molecule has 0 fully saturated rings. The van der Waals surface area contributed by atoms with Crippen molar-refractivity contribution in [2.24, 2.45) is 0 Å². The maximum absolute atomic E-state index is 9.36. The lowest BCUT2D eigenvalue weighted by molar-refractivity contribution is 0.670. The number of benzene rings is 8. The molecule has 1 heteroatoms. The van der Waals surface area contributed by atoms with Crippen LogP contribution in [0.25, 0.3) is 87.6 Å². The summed E-state index contributed by atoms with van der Waals surface area (Å²) in [4.78, 5) is 0. The Kier molecular flexibility index (Phi) is 3.29. The maximum atomic E-state index is 9.36. The minimum Gasteiger partial charge on any atom is -0.455 e. The fraction of sp³-hybridized carbons (Fsp3) is 0. The minimum atomic E-state index is -0.523. The van der Waals surface area contributed by atoms with Gasteiger partial charge in [-0.2, -0.15) is 0 Å². The Morgan fingerprint density at radius 2 is 1.07 bits per heavy atom. The van der Waals surface area contributed by atoms with Gasteiger partial charge in [0.1, 0.15) is 11.2 Å². The maximum Gasteiger partial charge on any atom is 0.143 e. The number of fused-ring (bicyclic) bond motifs is 6. The van der Waals surface area contributed by atoms with E-state index in [0.29, 0.717) is 38.5 Å². The first-order valence-electron chi connectivity index (χ1n) is 19.8. The van der Waals surface area contributed by atoms with Gasteiger partial charge in [-0.15, -0.1) is 0 Å². The van der Waals surface area contributed by atoms with Crippen LogP contribution in [0.3, 0.4) is 0 Å². The fourth-order valence-corrected chi connectivity index (χ4v) is 6.15. The van der Waals surface area contributed by atoms with Gasteiger partial charge in [-0.3, -0.25) is 0 Å². The topological polar surface area (TPSA) is 13.1 Å². The Morgan fingerprint density at radius 3 is 1.79 bits per heavy atom. The van der Waals surface area contributed by atoms with Crippen molar-refractivity contribution in [3.63, 3.8) is 0 Å². The summed E-state index contributed by atoms with van der Waals surface area (Å²) in [5.74, 6) is 0. The summed E-state index contributed by atoms with van der Waals surface area (Å²) in [5, 5.41) is 4.07. The molecule has 1 aromatic heterocycles. The van der Waals surface area contributed by atoms with Crippen molar-refractivity contribution in [3.8, 4) is 33.4 Å². The summed E-state index contributed by atoms with van der Waals surface area (Å²) in [6, 6.07) is 21.3. The summed E-state index contributed by atoms with van der Waals surface area (Å²) in [5.41, 5.74) is 3.59. The number of rotatable bonds is 3. The Balaban J connectivity index is 1.34. The van der Waals surface area contributed by atoms with Gasteiger partial charge in [0, 0.05) is 16.3 Å². The molecule has 43 heavy (non-hydrogen) atoms. The number of hydrogen-bond acceptors (Lipinski definition) is 1. The molecule has 0 radical (unpaired) electrons. The Morgan fingerprint density at radius 1 is 0.442 bits per heavy atom. The van der Waals surface area contributed by atoms with Crippen LogP contribution in [0, 0.1) is 0 Å². The number of hydrogen-bond donors (Lipinski definition) is 0. The van der Waals surface area contributed by atoms with Crippen LogP contribution in [0.2, 0.25) is 0 Å². The van der Waals surface area contributed by atoms with Gasteiger partial charge in [-0.1, -0.05) is 139 Å². The van der Waals surface area contributed by atoms with Gasteiger partial charge in [0.25, 0.3) is 0 Å². The van der Waals surface area contributed by atoms with Crippen molar-refractivity contribution in [1.29, 1.82) is 0 Å². The van der Waals surface area contributed by atoms with Crippen molar-refractivity contribution in [1.82, 2.24) is 0 Å². The molecule has 1 heterocycles. The highest BCUT2D eigenvalue weighted by atomic mass is 16.3. The van der Waals surface area contributed by atoms with Crippen LogP contribution in [0.15, 0.2) is 162 Å². The largest absolute Gasteiger partial charge is 0.455 e. The van der Waals surface area contributed by atoms with Crippen LogP contribution in [0.4, 0.5) is 0 Å². The molecule has 0 saturated carbocycles. The molecule has 0 aliphatic carbocycles. The summed E-state index contributed by atoms with van der Waals surface area (Å²) in [6.07, 6.45) is 0. The molecule has 200 valence electrons. The van der Waals surface area contributed by atoms with Crippen molar-refractivity contribution in [3.05, 3.63) is 157 Å². The quantitative estimate of drug-likeness (QED) is 0.197. The van der Waals surface area contributed by atoms with Gasteiger partial charge in [0.2, 0.25) is 0 Å². The lowest BCUT2D eigenvalue weighted by atomic mass is 9.85. The molecule has 0 spiro atoms. The van der Waals surface area contributed by atoms with Gasteiger partial charge in [0.05, 0.1) is 16.4 Å². The van der Waals surface area contributed by atoms with Crippen molar-refractivity contribution in [2.45, 2.75) is 0 Å². The predicted octanol–water partition coefficient (Wildman–Crippen LogP) is 12.0. The van der Waals surface area contributed by atoms with Crippen LogP contribution in [0.1, 0.15) is 16.4 Å². The van der Waals surface area contributed by atoms with Crippen molar-refractivity contribution in [2.75, 3.05) is 0 Å². The first kappa shape index (κ1) is 15.0. The molecule has 9 aromatic rings. The second kappa shape index (κ2) is 9.44. The Hall–Kier alpha value is -5.66. The van der Waals surface area contributed by atoms with Gasteiger partial charge in [-0.25, -0.2) is 0 Å². The summed E-state index contributed by atoms with van der Waals surface area (Å²) in [7, 11) is 0. The van der Waals surface area contributed by atoms with E-state index in [4.69, 9.17) is 18.1 Å². The molecule has 0 saturated heterocycles. The summed E-state index contributed by atoms with van der Waals surface area (Å²) in [6.45, 7) is 0. The first-order chi connectivity index (χ1) is 26.3. The molecule has 9 rings (SSSR count). The number of para-hydroxylation sites is 1. The monoisotopic (exact) mass is 558 g/mol. The highest BCUT2D eigenvalue weighted by Gasteiger charge is 2.18. The highest BCUT2D eigenvalue weighted by Crippen LogP contribution is 2.45. The molecule has 8 aromatic carbocycles. The molecule has 0 N–H and O–H groups in total. The fourth-order valence-electron chi connectivity index (χ4n) is 6.15. The first-order valence-corrected chi connectivity index (χ1v) is 13.8. The summed E-state index contributed by atoms with van der Waals surface area (Å²) >= 11 is 0. The van der Waals surface area contributed by atoms with E-state index in [2.05, 4.69) is 0 Å². The molecule has 0 amide bonds. The van der Waals surface area contributed by atoms with Crippen LogP contribution in [-0.4, -0.2) is 0 Å². The average molecular weight is 559 g/mol. The van der Waals surface area contributed by atoms with Crippen molar-refractivity contribution >= 4 is 54.3 Å². The second-order valence-corrected chi connectivity index (χ2v) is 10.3. The third-order valence-corrected chi connectivity index (χ3v) is 7.99. The van der Waals surface area contributed by atoms with E-state index in [1.54, 1.807) is 12.1 Å². The normalized spacial score (nSPS) is 15.6. The van der Waals surface area contributed by atoms with E-state index >= 15 is 0 Å². The van der Waals surface area contributed by atoms with Crippen molar-refractivity contribution < 1.29 is 20.9 Å². The third kappa shape index (κ3) is 3.72. The number of furan rings is 1. The molecular weight excluding hydrogens is 520 g/mol. The van der Waals surface area contributed by atoms with Gasteiger partial charge in [-0.05, 0) is 78.3 Å². The molecule has 0 atom stereocenters. The van der Waals surface area contributed by atoms with Crippen LogP contribution < -0.4 is 0 Å². The zero-order valence-corrected chi connectivity index (χ0v) is 22.5. The zero-order valence-electron chi connectivity index (χ0n) is 34.5. The van der Waals surface area contributed by atoms with E-state index in [1.165, 1.54) is 0 Å². The van der Waals surface area contributed by atoms with Gasteiger partial charge < -0.3 is 4.42 Å². The highest BCUT2D eigenvalue weighted by molar-refractivity contribution is 6.22. The minimum absolute atomic E-state index is 0.0473. The molecule has 0 bridgehead atoms. The molecule has 0 aliphatic heterocycles.